The molecule has 1 aromatic rings. The Labute approximate surface area is 417 Å². The molecule has 2 heterocycles. The third kappa shape index (κ3) is 13.7. The molecule has 1 aromatic carbocycles. The fraction of sp³-hybridized carbons (Fsp3) is 0.808. The Balaban J connectivity index is 0.000000425. The van der Waals surface area contributed by atoms with Gasteiger partial charge in [0.1, 0.15) is 0 Å². The predicted octanol–water partition coefficient (Wildman–Crippen LogP) is 16.5. The van der Waals surface area contributed by atoms with Crippen LogP contribution < -0.4 is 5.46 Å². The van der Waals surface area contributed by atoms with E-state index in [2.05, 4.69) is 53.8 Å². The molecule has 11 rings (SSSR count). The van der Waals surface area contributed by atoms with Crippen LogP contribution in [0.15, 0.2) is 30.3 Å². The van der Waals surface area contributed by atoms with Gasteiger partial charge < -0.3 is 39.3 Å². The van der Waals surface area contributed by atoms with Crippen LogP contribution in [-0.4, -0.2) is 40.8 Å². The molecule has 2 aliphatic heterocycles. The molecule has 8 aliphatic carbocycles. The van der Waals surface area contributed by atoms with Gasteiger partial charge in [-0.15, -0.1) is 0 Å². The van der Waals surface area contributed by atoms with Gasteiger partial charge in [0.05, 0.1) is 0 Å². The summed E-state index contributed by atoms with van der Waals surface area (Å²) in [4.78, 5) is 6.72. The maximum absolute atomic E-state index is 4.93. The van der Waals surface area contributed by atoms with Gasteiger partial charge in [-0.05, 0) is 129 Å². The third-order valence-electron chi connectivity index (χ3n) is 17.8. The minimum atomic E-state index is -0.826. The average Bonchev–Trinajstić information content (AvgIpc) is 4.09. The SMILES string of the molecule is C1CCCC1.C1CCCC1.CC1CCC2C(C1)C1CC3CCCCC3C1N2B(c1ccccc1)N1C2CCC(C)CC2C2CC3CCCCC3C21.[CH3-].[CH3-].[CH3-].[CH3-].[Cl][Zr+2][Cl].[Cl][Zr+2][Cl]. The summed E-state index contributed by atoms with van der Waals surface area (Å²) >= 11 is -1.65. The molecule has 61 heavy (non-hydrogen) atoms. The normalized spacial score (nSPS) is 38.5. The Morgan fingerprint density at radius 1 is 0.426 bits per heavy atom. The number of hydrogen-bond donors (Lipinski definition) is 0. The van der Waals surface area contributed by atoms with E-state index in [9.17, 15) is 0 Å². The van der Waals surface area contributed by atoms with Gasteiger partial charge >= 0.3 is 82.7 Å². The van der Waals surface area contributed by atoms with Gasteiger partial charge in [-0.25, -0.2) is 0 Å². The van der Waals surface area contributed by atoms with Gasteiger partial charge in [0, 0.05) is 24.2 Å². The fourth-order valence-corrected chi connectivity index (χ4v) is 15.8. The van der Waals surface area contributed by atoms with E-state index in [0.29, 0.717) is 6.98 Å². The van der Waals surface area contributed by atoms with Crippen molar-refractivity contribution in [1.82, 2.24) is 9.62 Å². The van der Waals surface area contributed by atoms with E-state index in [1.165, 1.54) is 154 Å². The van der Waals surface area contributed by atoms with E-state index in [1.807, 2.05) is 0 Å². The second kappa shape index (κ2) is 29.2. The van der Waals surface area contributed by atoms with E-state index in [1.54, 1.807) is 18.3 Å². The number of benzene rings is 1. The molecule has 0 spiro atoms. The first-order valence-electron chi connectivity index (χ1n) is 24.5. The van der Waals surface area contributed by atoms with Gasteiger partial charge in [0.2, 0.25) is 0 Å². The number of hydrogen-bond acceptors (Lipinski definition) is 2. The van der Waals surface area contributed by atoms with E-state index in [4.69, 9.17) is 34.1 Å². The van der Waals surface area contributed by atoms with Crippen LogP contribution in [0.3, 0.4) is 0 Å². The summed E-state index contributed by atoms with van der Waals surface area (Å²) in [5, 5.41) is 0. The van der Waals surface area contributed by atoms with Gasteiger partial charge in [0.25, 0.3) is 0 Å². The molecule has 2 nitrogen and oxygen atoms in total. The van der Waals surface area contributed by atoms with Gasteiger partial charge in [-0.1, -0.05) is 147 Å². The Bertz CT molecular complexity index is 1220. The third-order valence-corrected chi connectivity index (χ3v) is 17.8. The van der Waals surface area contributed by atoms with Gasteiger partial charge in [0.15, 0.2) is 0 Å². The van der Waals surface area contributed by atoms with E-state index < -0.39 is 41.7 Å². The molecule has 0 aromatic heterocycles. The Hall–Kier alpha value is 2.13. The van der Waals surface area contributed by atoms with Crippen molar-refractivity contribution in [3.63, 3.8) is 0 Å². The molecule has 0 bridgehead atoms. The Morgan fingerprint density at radius 3 is 1.13 bits per heavy atom. The van der Waals surface area contributed by atoms with Crippen LogP contribution in [0.25, 0.3) is 0 Å². The van der Waals surface area contributed by atoms with Crippen LogP contribution in [-0.2, 0) is 41.7 Å². The van der Waals surface area contributed by atoms with Crippen LogP contribution in [0.1, 0.15) is 181 Å². The zero-order valence-electron chi connectivity index (χ0n) is 39.8. The number of rotatable bonds is 3. The van der Waals surface area contributed by atoms with E-state index in [0.717, 1.165) is 83.3 Å². The molecule has 14 atom stereocenters. The van der Waals surface area contributed by atoms with Crippen LogP contribution in [0.5, 0.6) is 0 Å². The average molecular weight is 1080 g/mol. The number of halogens is 4. The van der Waals surface area contributed by atoms with Crippen molar-refractivity contribution in [2.75, 3.05) is 0 Å². The van der Waals surface area contributed by atoms with Crippen molar-refractivity contribution in [2.45, 2.75) is 205 Å². The summed E-state index contributed by atoms with van der Waals surface area (Å²) in [5.74, 6) is 9.78. The zero-order valence-corrected chi connectivity index (χ0v) is 47.8. The maximum atomic E-state index is 4.93. The Morgan fingerprint density at radius 2 is 0.770 bits per heavy atom. The van der Waals surface area contributed by atoms with Crippen LogP contribution in [0, 0.1) is 88.9 Å². The summed E-state index contributed by atoms with van der Waals surface area (Å²) in [6, 6.07) is 15.6. The topological polar surface area (TPSA) is 6.48 Å². The van der Waals surface area contributed by atoms with Crippen molar-refractivity contribution >= 4 is 46.5 Å². The first-order chi connectivity index (χ1) is 28.0. The molecule has 8 saturated carbocycles. The molecular weight excluding hydrogens is 988 g/mol. The van der Waals surface area contributed by atoms with Crippen LogP contribution in [0.4, 0.5) is 0 Å². The van der Waals surface area contributed by atoms with Gasteiger partial charge in [-0.3, -0.25) is 0 Å². The van der Waals surface area contributed by atoms with E-state index >= 15 is 0 Å². The molecule has 14 unspecified atom stereocenters. The van der Waals surface area contributed by atoms with Crippen molar-refractivity contribution in [3.05, 3.63) is 60.0 Å². The first-order valence-corrected chi connectivity index (χ1v) is 37.2. The van der Waals surface area contributed by atoms with Crippen LogP contribution in [0.2, 0.25) is 0 Å². The zero-order chi connectivity index (χ0) is 39.7. The standard InChI is InChI=1S/C38H57BN2.2C5H10.4CH3.4ClH.2Zr/c1-24-16-18-35-31(20-24)33-22-26-10-6-8-14-29(26)37(33)40(35)39(28-12-4-3-5-13-28)41-36-19-17-25(2)21-32(36)34-23-27-11-7-9-15-30(27)38(34)41;2*1-2-4-5-3-1;;;;;;;;;;/h3-5,12-13,24-27,29-38H,6-11,14-23H2,1-2H3;2*1-5H2;4*1H3;4*1H;;/q;;;4*-1;;;;;2*+4/p-4. The quantitative estimate of drug-likeness (QED) is 0.220. The summed E-state index contributed by atoms with van der Waals surface area (Å²) in [5.41, 5.74) is 1.67. The molecule has 10 aliphatic rings. The van der Waals surface area contributed by atoms with Crippen molar-refractivity contribution in [2.24, 2.45) is 59.2 Å². The van der Waals surface area contributed by atoms with E-state index in [-0.39, 0.29) is 29.7 Å². The van der Waals surface area contributed by atoms with Crippen LogP contribution >= 0.6 is 34.1 Å². The summed E-state index contributed by atoms with van der Waals surface area (Å²) in [6.07, 6.45) is 39.2. The summed E-state index contributed by atoms with van der Waals surface area (Å²) in [7, 11) is 19.7. The second-order valence-electron chi connectivity index (χ2n) is 20.9. The minimum absolute atomic E-state index is 0. The van der Waals surface area contributed by atoms with Gasteiger partial charge in [-0.2, -0.15) is 0 Å². The predicted molar refractivity (Wildman–Crippen MR) is 266 cm³/mol. The molecule has 2 saturated heterocycles. The summed E-state index contributed by atoms with van der Waals surface area (Å²) < 4.78 is 0. The molecule has 0 N–H and O–H groups in total. The molecule has 0 radical (unpaired) electrons. The second-order valence-corrected chi connectivity index (χ2v) is 28.3. The summed E-state index contributed by atoms with van der Waals surface area (Å²) in [6.45, 7) is 5.71. The first kappa shape index (κ1) is 57.4. The number of nitrogens with zero attached hydrogens (tertiary/aromatic N) is 2. The molecule has 9 heteroatoms. The van der Waals surface area contributed by atoms with Crippen molar-refractivity contribution < 1.29 is 41.7 Å². The molecule has 10 fully saturated rings. The van der Waals surface area contributed by atoms with Crippen molar-refractivity contribution in [1.29, 1.82) is 0 Å². The molecule has 0 amide bonds. The molecule has 346 valence electrons. The molecular formula is C52H89BCl4N2Zr2. The Kier molecular flexibility index (Phi) is 27.5. The fourth-order valence-electron chi connectivity index (χ4n) is 15.8. The monoisotopic (exact) mass is 1070 g/mol. The number of fused-ring (bicyclic) bond motifs is 10. The van der Waals surface area contributed by atoms with Crippen molar-refractivity contribution in [3.8, 4) is 0 Å².